The fraction of sp³-hybridized carbons (Fsp3) is 0.744. The van der Waals surface area contributed by atoms with Gasteiger partial charge in [-0.2, -0.15) is 0 Å². The minimum absolute atomic E-state index is 0.00432. The van der Waals surface area contributed by atoms with Gasteiger partial charge in [-0.15, -0.1) is 11.8 Å². The van der Waals surface area contributed by atoms with Gasteiger partial charge < -0.3 is 40.3 Å². The molecule has 0 radical (unpaired) electrons. The molecule has 21 nitrogen and oxygen atoms in total. The number of imide groups is 4. The predicted molar refractivity (Wildman–Crippen MR) is 247 cm³/mol. The molecule has 7 N–H and O–H groups in total. The van der Waals surface area contributed by atoms with Crippen LogP contribution in [-0.4, -0.2) is 173 Å². The maximum Gasteiger partial charge on any atom is 0.333 e. The van der Waals surface area contributed by atoms with Gasteiger partial charge in [0.2, 0.25) is 17.7 Å². The standard InChI is InChI=1S/C43H77N9O12S/c1-14-16-21-28(5)32(53)25-33(54)45-29(15-2)36(57)51(11)38(65-23-20-18-17-19-22-64-13)37(58)49(9)31(26-43(6,7)63)35(56)46-40(60)52(12)42(62)48-39(59)47-41(61)50(10)30(24-27(3)4)34(55)44-8/h14,16,27-32,38,53,63H,15,17-26H2,1-13H3,(H,44,55)(H,45,54)(H,46,56,60)(H2,47,48,59,61,62)/b16-14+/t28-,29+,30+,31+,32+,38-/m1/s1. The lowest BCUT2D eigenvalue weighted by Gasteiger charge is -2.36. The second-order valence-electron chi connectivity index (χ2n) is 17.1. The van der Waals surface area contributed by atoms with E-state index in [2.05, 4.69) is 10.6 Å². The number of aliphatic hydroxyl groups excluding tert-OH is 1. The zero-order chi connectivity index (χ0) is 50.2. The number of nitrogens with zero attached hydrogens (tertiary/aromatic N) is 4. The van der Waals surface area contributed by atoms with Crippen molar-refractivity contribution in [1.29, 1.82) is 0 Å². The number of thioether (sulfide) groups is 1. The Labute approximate surface area is 388 Å². The number of likely N-dealkylation sites (N-methyl/N-ethyl adjacent to an activating group) is 4. The molecule has 0 saturated carbocycles. The molecule has 0 spiro atoms. The van der Waals surface area contributed by atoms with Crippen LogP contribution < -0.4 is 26.6 Å². The van der Waals surface area contributed by atoms with Crippen LogP contribution in [0, 0.1) is 11.8 Å². The van der Waals surface area contributed by atoms with E-state index in [1.807, 2.05) is 43.6 Å². The molecule has 65 heavy (non-hydrogen) atoms. The molecule has 0 aliphatic heterocycles. The first kappa shape index (κ1) is 60.2. The van der Waals surface area contributed by atoms with Crippen molar-refractivity contribution in [3.63, 3.8) is 0 Å². The quantitative estimate of drug-likeness (QED) is 0.0374. The average Bonchev–Trinajstić information content (AvgIpc) is 3.24. The van der Waals surface area contributed by atoms with Crippen molar-refractivity contribution >= 4 is 65.4 Å². The first-order valence-electron chi connectivity index (χ1n) is 21.9. The van der Waals surface area contributed by atoms with Crippen LogP contribution in [0.5, 0.6) is 0 Å². The van der Waals surface area contributed by atoms with Crippen molar-refractivity contribution in [1.82, 2.24) is 46.2 Å². The van der Waals surface area contributed by atoms with Gasteiger partial charge in [0.25, 0.3) is 11.8 Å². The lowest BCUT2D eigenvalue weighted by atomic mass is 9.97. The van der Waals surface area contributed by atoms with Crippen molar-refractivity contribution in [3.8, 4) is 0 Å². The van der Waals surface area contributed by atoms with Gasteiger partial charge in [-0.3, -0.25) is 39.9 Å². The summed E-state index contributed by atoms with van der Waals surface area (Å²) in [4.78, 5) is 123. The molecule has 0 aliphatic carbocycles. The van der Waals surface area contributed by atoms with Crippen molar-refractivity contribution in [2.24, 2.45) is 11.8 Å². The van der Waals surface area contributed by atoms with Crippen LogP contribution in [0.4, 0.5) is 19.2 Å². The van der Waals surface area contributed by atoms with Crippen molar-refractivity contribution in [2.45, 2.75) is 141 Å². The molecule has 0 aromatic carbocycles. The van der Waals surface area contributed by atoms with Gasteiger partial charge in [-0.1, -0.05) is 52.7 Å². The maximum absolute atomic E-state index is 14.4. The monoisotopic (exact) mass is 944 g/mol. The summed E-state index contributed by atoms with van der Waals surface area (Å²) in [6.07, 6.45) is 6.22. The Morgan fingerprint density at radius 1 is 0.785 bits per heavy atom. The molecule has 0 unspecified atom stereocenters. The number of rotatable bonds is 26. The first-order chi connectivity index (χ1) is 30.3. The lowest BCUT2D eigenvalue weighted by Crippen LogP contribution is -2.59. The van der Waals surface area contributed by atoms with E-state index in [4.69, 9.17) is 4.74 Å². The number of hydrogen-bond acceptors (Lipinski definition) is 13. The van der Waals surface area contributed by atoms with Crippen molar-refractivity contribution in [2.75, 3.05) is 54.7 Å². The highest BCUT2D eigenvalue weighted by atomic mass is 32.2. The van der Waals surface area contributed by atoms with Crippen LogP contribution in [0.2, 0.25) is 0 Å². The third kappa shape index (κ3) is 22.3. The van der Waals surface area contributed by atoms with Crippen molar-refractivity contribution < 1.29 is 58.1 Å². The van der Waals surface area contributed by atoms with Crippen LogP contribution in [0.3, 0.4) is 0 Å². The second-order valence-corrected chi connectivity index (χ2v) is 18.2. The molecule has 0 heterocycles. The third-order valence-corrected chi connectivity index (χ3v) is 11.7. The smallest absolute Gasteiger partial charge is 0.333 e. The molecular weight excluding hydrogens is 867 g/mol. The van der Waals surface area contributed by atoms with E-state index in [1.54, 1.807) is 26.3 Å². The summed E-state index contributed by atoms with van der Waals surface area (Å²) >= 11 is 1.13. The Hall–Kier alpha value is -4.80. The molecule has 0 bridgehead atoms. The van der Waals surface area contributed by atoms with E-state index < -0.39 is 95.3 Å². The molecule has 0 aromatic heterocycles. The van der Waals surface area contributed by atoms with Gasteiger partial charge in [0, 0.05) is 55.4 Å². The normalized spacial score (nSPS) is 14.2. The highest BCUT2D eigenvalue weighted by molar-refractivity contribution is 8.00. The Morgan fingerprint density at radius 2 is 1.37 bits per heavy atom. The van der Waals surface area contributed by atoms with E-state index in [0.717, 1.165) is 47.9 Å². The van der Waals surface area contributed by atoms with Gasteiger partial charge >= 0.3 is 24.1 Å². The number of nitrogens with one attached hydrogen (secondary N) is 5. The molecule has 372 valence electrons. The number of carbonyl (C=O) groups excluding carboxylic acids is 9. The van der Waals surface area contributed by atoms with Gasteiger partial charge in [0.15, 0.2) is 5.37 Å². The molecule has 0 aliphatic rings. The summed E-state index contributed by atoms with van der Waals surface area (Å²) in [5.74, 6) is -3.31. The summed E-state index contributed by atoms with van der Waals surface area (Å²) in [6.45, 7) is 12.4. The Morgan fingerprint density at radius 3 is 1.91 bits per heavy atom. The number of amides is 13. The van der Waals surface area contributed by atoms with Crippen LogP contribution >= 0.6 is 11.8 Å². The van der Waals surface area contributed by atoms with Gasteiger partial charge in [0.1, 0.15) is 18.1 Å². The number of aliphatic hydroxyl groups is 2. The number of carbonyl (C=O) groups is 9. The fourth-order valence-electron chi connectivity index (χ4n) is 6.26. The average molecular weight is 944 g/mol. The predicted octanol–water partition coefficient (Wildman–Crippen LogP) is 2.75. The van der Waals surface area contributed by atoms with E-state index in [0.29, 0.717) is 30.1 Å². The van der Waals surface area contributed by atoms with E-state index in [1.165, 1.54) is 46.9 Å². The van der Waals surface area contributed by atoms with Crippen molar-refractivity contribution in [3.05, 3.63) is 12.2 Å². The topological polar surface area (TPSA) is 276 Å². The van der Waals surface area contributed by atoms with Crippen LogP contribution in [0.15, 0.2) is 12.2 Å². The number of allylic oxidation sites excluding steroid dienone is 2. The molecule has 22 heteroatoms. The van der Waals surface area contributed by atoms with Gasteiger partial charge in [0.05, 0.1) is 18.1 Å². The maximum atomic E-state index is 14.4. The van der Waals surface area contributed by atoms with Gasteiger partial charge in [-0.25, -0.2) is 24.1 Å². The van der Waals surface area contributed by atoms with Crippen LogP contribution in [0.1, 0.15) is 106 Å². The molecular formula is C43H77N9O12S. The Bertz CT molecular complexity index is 1630. The summed E-state index contributed by atoms with van der Waals surface area (Å²) in [5, 5.41) is 31.1. The molecule has 0 saturated heterocycles. The third-order valence-electron chi connectivity index (χ3n) is 10.4. The summed E-state index contributed by atoms with van der Waals surface area (Å²) in [5.41, 5.74) is -1.59. The molecule has 0 aromatic rings. The zero-order valence-electron chi connectivity index (χ0n) is 40.6. The first-order valence-corrected chi connectivity index (χ1v) is 23.0. The summed E-state index contributed by atoms with van der Waals surface area (Å²) < 4.78 is 5.12. The molecule has 6 atom stereocenters. The Kier molecular flexibility index (Phi) is 28.2. The number of urea groups is 4. The minimum atomic E-state index is -1.59. The molecule has 0 rings (SSSR count). The number of unbranched alkanes of at least 4 members (excludes halogenated alkanes) is 3. The number of methoxy groups -OCH3 is 1. The van der Waals surface area contributed by atoms with Crippen LogP contribution in [0.25, 0.3) is 0 Å². The van der Waals surface area contributed by atoms with E-state index >= 15 is 0 Å². The zero-order valence-corrected chi connectivity index (χ0v) is 41.5. The van der Waals surface area contributed by atoms with E-state index in [9.17, 15) is 53.4 Å². The summed E-state index contributed by atoms with van der Waals surface area (Å²) in [7, 11) is 7.88. The highest BCUT2D eigenvalue weighted by Gasteiger charge is 2.40. The SMILES string of the molecule is C/C=C/C[C@@H](C)[C@@H](O)CC(=O)N[C@@H](CC)C(=O)N(C)[C@H](SCCCCCCOC)C(=O)N(C)[C@@H](CC(C)(C)O)C(=O)NC(=O)N(C)C(=O)NC(=O)NC(=O)N(C)[C@@H](CC(C)C)C(=O)NC. The molecule has 0 fully saturated rings. The minimum Gasteiger partial charge on any atom is -0.392 e. The molecule has 13 amide bonds. The fourth-order valence-corrected chi connectivity index (χ4v) is 7.49. The highest BCUT2D eigenvalue weighted by Crippen LogP contribution is 2.24. The van der Waals surface area contributed by atoms with Crippen LogP contribution in [-0.2, 0) is 28.7 Å². The number of hydrogen-bond donors (Lipinski definition) is 7. The second kappa shape index (κ2) is 30.4. The van der Waals surface area contributed by atoms with E-state index in [-0.39, 0.29) is 31.1 Å². The van der Waals surface area contributed by atoms with Gasteiger partial charge in [-0.05, 0) is 70.5 Å². The lowest BCUT2D eigenvalue weighted by molar-refractivity contribution is -0.146. The summed E-state index contributed by atoms with van der Waals surface area (Å²) in [6, 6.07) is -8.60. The number of ether oxygens (including phenoxy) is 1. The largest absolute Gasteiger partial charge is 0.392 e. The Balaban J connectivity index is 6.31.